The highest BCUT2D eigenvalue weighted by Gasteiger charge is 2.07. The molecule has 28 heavy (non-hydrogen) atoms. The molecule has 138 valence electrons. The monoisotopic (exact) mass is 368 g/mol. The Labute approximate surface area is 162 Å². The fraction of sp³-hybridized carbons (Fsp3) is 0.0833. The first kappa shape index (κ1) is 17.7. The molecular formula is C24H20N2O2. The molecule has 2 N–H and O–H groups in total. The molecule has 0 radical (unpaired) electrons. The summed E-state index contributed by atoms with van der Waals surface area (Å²) >= 11 is 0. The van der Waals surface area contributed by atoms with E-state index in [-0.39, 0.29) is 11.5 Å². The van der Waals surface area contributed by atoms with Gasteiger partial charge in [-0.05, 0) is 47.2 Å². The number of aromatic nitrogens is 1. The van der Waals surface area contributed by atoms with Crippen molar-refractivity contribution >= 4 is 16.8 Å². The number of rotatable bonds is 5. The van der Waals surface area contributed by atoms with E-state index in [0.717, 1.165) is 22.0 Å². The van der Waals surface area contributed by atoms with Crippen LogP contribution in [0.1, 0.15) is 15.9 Å². The molecule has 0 aliphatic rings. The second kappa shape index (κ2) is 7.92. The number of para-hydroxylation sites is 1. The van der Waals surface area contributed by atoms with Gasteiger partial charge in [-0.1, -0.05) is 60.7 Å². The van der Waals surface area contributed by atoms with Crippen LogP contribution >= 0.6 is 0 Å². The van der Waals surface area contributed by atoms with Gasteiger partial charge in [0.25, 0.3) is 11.5 Å². The summed E-state index contributed by atoms with van der Waals surface area (Å²) in [7, 11) is 0. The van der Waals surface area contributed by atoms with Crippen molar-refractivity contribution in [1.29, 1.82) is 0 Å². The summed E-state index contributed by atoms with van der Waals surface area (Å²) in [5.74, 6) is -0.142. The van der Waals surface area contributed by atoms with Crippen LogP contribution in [-0.4, -0.2) is 17.4 Å². The maximum atomic E-state index is 12.4. The van der Waals surface area contributed by atoms with Gasteiger partial charge in [0.15, 0.2) is 0 Å². The van der Waals surface area contributed by atoms with Crippen molar-refractivity contribution in [2.24, 2.45) is 0 Å². The Balaban J connectivity index is 1.39. The molecule has 1 heterocycles. The molecule has 3 aromatic carbocycles. The normalized spacial score (nSPS) is 10.7. The molecule has 4 aromatic rings. The highest BCUT2D eigenvalue weighted by molar-refractivity contribution is 5.94. The van der Waals surface area contributed by atoms with Gasteiger partial charge in [-0.2, -0.15) is 0 Å². The zero-order valence-electron chi connectivity index (χ0n) is 15.3. The molecule has 4 nitrogen and oxygen atoms in total. The Kier molecular flexibility index (Phi) is 5.02. The summed E-state index contributed by atoms with van der Waals surface area (Å²) < 4.78 is 0. The summed E-state index contributed by atoms with van der Waals surface area (Å²) in [4.78, 5) is 27.4. The third kappa shape index (κ3) is 3.86. The minimum absolute atomic E-state index is 0.111. The number of hydrogen-bond donors (Lipinski definition) is 2. The van der Waals surface area contributed by atoms with Crippen LogP contribution in [0.3, 0.4) is 0 Å². The number of benzene rings is 3. The van der Waals surface area contributed by atoms with Crippen LogP contribution in [-0.2, 0) is 6.42 Å². The van der Waals surface area contributed by atoms with Crippen LogP contribution in [0.25, 0.3) is 22.0 Å². The molecule has 1 aromatic heterocycles. The van der Waals surface area contributed by atoms with E-state index in [0.29, 0.717) is 24.1 Å². The highest BCUT2D eigenvalue weighted by atomic mass is 16.1. The first-order valence-electron chi connectivity index (χ1n) is 9.25. The summed E-state index contributed by atoms with van der Waals surface area (Å²) in [6.45, 7) is 0.403. The van der Waals surface area contributed by atoms with Gasteiger partial charge < -0.3 is 10.3 Å². The van der Waals surface area contributed by atoms with E-state index in [9.17, 15) is 9.59 Å². The van der Waals surface area contributed by atoms with Gasteiger partial charge in [-0.3, -0.25) is 9.59 Å². The van der Waals surface area contributed by atoms with Gasteiger partial charge >= 0.3 is 0 Å². The lowest BCUT2D eigenvalue weighted by atomic mass is 10.0. The second-order valence-electron chi connectivity index (χ2n) is 6.66. The first-order valence-corrected chi connectivity index (χ1v) is 9.25. The predicted molar refractivity (Wildman–Crippen MR) is 112 cm³/mol. The maximum absolute atomic E-state index is 12.4. The van der Waals surface area contributed by atoms with Crippen molar-refractivity contribution in [2.75, 3.05) is 6.54 Å². The molecule has 0 bridgehead atoms. The third-order valence-electron chi connectivity index (χ3n) is 4.76. The Morgan fingerprint density at radius 1 is 0.821 bits per heavy atom. The molecule has 0 atom stereocenters. The number of carbonyl (C=O) groups excluding carboxylic acids is 1. The molecule has 0 saturated heterocycles. The molecule has 0 fully saturated rings. The number of aromatic amines is 1. The van der Waals surface area contributed by atoms with Crippen molar-refractivity contribution in [1.82, 2.24) is 10.3 Å². The number of carbonyl (C=O) groups is 1. The van der Waals surface area contributed by atoms with Crippen LogP contribution in [0.5, 0.6) is 0 Å². The van der Waals surface area contributed by atoms with E-state index in [1.54, 1.807) is 0 Å². The quantitative estimate of drug-likeness (QED) is 0.555. The van der Waals surface area contributed by atoms with E-state index in [1.165, 1.54) is 0 Å². The number of hydrogen-bond acceptors (Lipinski definition) is 2. The van der Waals surface area contributed by atoms with Gasteiger partial charge in [0, 0.05) is 23.2 Å². The Hall–Kier alpha value is -3.66. The van der Waals surface area contributed by atoms with Gasteiger partial charge in [0.05, 0.1) is 0 Å². The summed E-state index contributed by atoms with van der Waals surface area (Å²) in [6, 6.07) is 27.1. The number of H-pyrrole nitrogens is 1. The Morgan fingerprint density at radius 2 is 1.50 bits per heavy atom. The SMILES string of the molecule is O=C(NCCc1cc2ccccc2[nH]c1=O)c1ccc(-c2ccccc2)cc1. The van der Waals surface area contributed by atoms with E-state index in [2.05, 4.69) is 10.3 Å². The predicted octanol–water partition coefficient (Wildman–Crippen LogP) is 4.17. The summed E-state index contributed by atoms with van der Waals surface area (Å²) in [5.41, 5.74) is 4.16. The molecular weight excluding hydrogens is 348 g/mol. The number of nitrogens with one attached hydrogen (secondary N) is 2. The Bertz CT molecular complexity index is 1160. The smallest absolute Gasteiger partial charge is 0.251 e. The fourth-order valence-electron chi connectivity index (χ4n) is 3.24. The van der Waals surface area contributed by atoms with Crippen molar-refractivity contribution in [2.45, 2.75) is 6.42 Å². The van der Waals surface area contributed by atoms with E-state index in [1.807, 2.05) is 84.9 Å². The number of amides is 1. The molecule has 4 rings (SSSR count). The molecule has 4 heteroatoms. The minimum atomic E-state index is -0.142. The van der Waals surface area contributed by atoms with Gasteiger partial charge in [-0.25, -0.2) is 0 Å². The molecule has 1 amide bonds. The fourth-order valence-corrected chi connectivity index (χ4v) is 3.24. The average molecular weight is 368 g/mol. The lowest BCUT2D eigenvalue weighted by Gasteiger charge is -2.07. The standard InChI is InChI=1S/C24H20N2O2/c27-23(19-12-10-18(11-13-19)17-6-2-1-3-7-17)25-15-14-21-16-20-8-4-5-9-22(20)26-24(21)28/h1-13,16H,14-15H2,(H,25,27)(H,26,28). The van der Waals surface area contributed by atoms with Crippen molar-refractivity contribution in [3.05, 3.63) is 106 Å². The molecule has 0 aliphatic carbocycles. The van der Waals surface area contributed by atoms with E-state index >= 15 is 0 Å². The molecule has 0 aliphatic heterocycles. The largest absolute Gasteiger partial charge is 0.352 e. The van der Waals surface area contributed by atoms with Crippen LogP contribution in [0, 0.1) is 0 Å². The maximum Gasteiger partial charge on any atom is 0.251 e. The van der Waals surface area contributed by atoms with Crippen molar-refractivity contribution in [3.8, 4) is 11.1 Å². The topological polar surface area (TPSA) is 62.0 Å². The summed E-state index contributed by atoms with van der Waals surface area (Å²) in [5, 5.41) is 3.88. The van der Waals surface area contributed by atoms with Crippen LogP contribution in [0.15, 0.2) is 89.7 Å². The summed E-state index contributed by atoms with van der Waals surface area (Å²) in [6.07, 6.45) is 0.480. The molecule has 0 unspecified atom stereocenters. The lowest BCUT2D eigenvalue weighted by molar-refractivity contribution is 0.0954. The van der Waals surface area contributed by atoms with E-state index in [4.69, 9.17) is 0 Å². The number of fused-ring (bicyclic) bond motifs is 1. The molecule has 0 spiro atoms. The van der Waals surface area contributed by atoms with Gasteiger partial charge in [0.1, 0.15) is 0 Å². The van der Waals surface area contributed by atoms with Crippen molar-refractivity contribution < 1.29 is 4.79 Å². The van der Waals surface area contributed by atoms with Crippen LogP contribution in [0.4, 0.5) is 0 Å². The van der Waals surface area contributed by atoms with Gasteiger partial charge in [0.2, 0.25) is 0 Å². The Morgan fingerprint density at radius 3 is 2.29 bits per heavy atom. The second-order valence-corrected chi connectivity index (χ2v) is 6.66. The highest BCUT2D eigenvalue weighted by Crippen LogP contribution is 2.19. The lowest BCUT2D eigenvalue weighted by Crippen LogP contribution is -2.27. The minimum Gasteiger partial charge on any atom is -0.352 e. The van der Waals surface area contributed by atoms with Crippen molar-refractivity contribution in [3.63, 3.8) is 0 Å². The zero-order chi connectivity index (χ0) is 19.3. The van der Waals surface area contributed by atoms with Crippen LogP contribution < -0.4 is 10.9 Å². The molecule has 0 saturated carbocycles. The van der Waals surface area contributed by atoms with E-state index < -0.39 is 0 Å². The number of pyridine rings is 1. The van der Waals surface area contributed by atoms with Gasteiger partial charge in [-0.15, -0.1) is 0 Å². The third-order valence-corrected chi connectivity index (χ3v) is 4.76. The average Bonchev–Trinajstić information content (AvgIpc) is 2.75. The zero-order valence-corrected chi connectivity index (χ0v) is 15.3. The first-order chi connectivity index (χ1) is 13.7. The van der Waals surface area contributed by atoms with Crippen LogP contribution in [0.2, 0.25) is 0 Å².